The zero-order valence-electron chi connectivity index (χ0n) is 12.0. The highest BCUT2D eigenvalue weighted by atomic mass is 32.2. The molecule has 2 aromatic rings. The summed E-state index contributed by atoms with van der Waals surface area (Å²) >= 11 is 0. The minimum absolute atomic E-state index is 0.104. The lowest BCUT2D eigenvalue weighted by molar-refractivity contribution is -0.141. The number of carbonyl (C=O) groups is 1. The van der Waals surface area contributed by atoms with Crippen LogP contribution in [0.25, 0.3) is 0 Å². The summed E-state index contributed by atoms with van der Waals surface area (Å²) in [4.78, 5) is 11.3. The van der Waals surface area contributed by atoms with Crippen LogP contribution in [0.15, 0.2) is 53.4 Å². The summed E-state index contributed by atoms with van der Waals surface area (Å²) in [6.45, 7) is 0. The van der Waals surface area contributed by atoms with Crippen molar-refractivity contribution in [1.29, 1.82) is 0 Å². The van der Waals surface area contributed by atoms with E-state index < -0.39 is 33.7 Å². The Morgan fingerprint density at radius 1 is 1.00 bits per heavy atom. The maximum absolute atomic E-state index is 13.0. The van der Waals surface area contributed by atoms with Crippen LogP contribution in [0, 0.1) is 11.6 Å². The number of aliphatic carboxylic acids is 1. The minimum atomic E-state index is -4.17. The van der Waals surface area contributed by atoms with Gasteiger partial charge in [-0.3, -0.25) is 4.79 Å². The number of carboxylic acids is 1. The average molecular weight is 341 g/mol. The quantitative estimate of drug-likeness (QED) is 0.906. The van der Waals surface area contributed by atoms with Crippen molar-refractivity contribution in [2.45, 2.75) is 10.9 Å². The molecule has 0 saturated heterocycles. The second-order valence-corrected chi connectivity index (χ2v) is 6.76. The zero-order chi connectivity index (χ0) is 17.2. The van der Waals surface area contributed by atoms with Crippen LogP contribution in [-0.4, -0.2) is 30.8 Å². The van der Waals surface area contributed by atoms with E-state index in [0.29, 0.717) is 4.31 Å². The van der Waals surface area contributed by atoms with Gasteiger partial charge in [0.25, 0.3) is 0 Å². The first-order valence-electron chi connectivity index (χ1n) is 6.45. The highest BCUT2D eigenvalue weighted by Crippen LogP contribution is 2.26. The van der Waals surface area contributed by atoms with Crippen LogP contribution in [-0.2, 0) is 14.8 Å². The molecule has 0 aliphatic rings. The van der Waals surface area contributed by atoms with Gasteiger partial charge in [0.15, 0.2) is 0 Å². The standard InChI is InChI=1S/C15H13F2NO4S/c1-18(23(21,22)13-8-6-12(17)7-9-13)14(15(19)20)10-2-4-11(16)5-3-10/h2-9,14H,1H3,(H,19,20). The molecule has 8 heteroatoms. The van der Waals surface area contributed by atoms with Gasteiger partial charge >= 0.3 is 5.97 Å². The van der Waals surface area contributed by atoms with Crippen molar-refractivity contribution in [3.63, 3.8) is 0 Å². The lowest BCUT2D eigenvalue weighted by Gasteiger charge is -2.24. The predicted molar refractivity (Wildman–Crippen MR) is 78.1 cm³/mol. The second kappa shape index (κ2) is 6.43. The number of hydrogen-bond donors (Lipinski definition) is 1. The topological polar surface area (TPSA) is 74.7 Å². The van der Waals surface area contributed by atoms with Gasteiger partial charge in [-0.1, -0.05) is 12.1 Å². The number of sulfonamides is 1. The summed E-state index contributed by atoms with van der Waals surface area (Å²) in [5.41, 5.74) is 0.104. The van der Waals surface area contributed by atoms with Crippen LogP contribution >= 0.6 is 0 Å². The molecule has 122 valence electrons. The molecular weight excluding hydrogens is 328 g/mol. The lowest BCUT2D eigenvalue weighted by atomic mass is 10.1. The Bertz CT molecular complexity index is 804. The number of hydrogen-bond acceptors (Lipinski definition) is 3. The van der Waals surface area contributed by atoms with E-state index in [0.717, 1.165) is 43.4 Å². The van der Waals surface area contributed by atoms with Gasteiger partial charge in [-0.2, -0.15) is 4.31 Å². The molecule has 0 radical (unpaired) electrons. The molecule has 0 spiro atoms. The van der Waals surface area contributed by atoms with Gasteiger partial charge in [-0.05, 0) is 42.0 Å². The average Bonchev–Trinajstić information content (AvgIpc) is 2.49. The molecule has 0 saturated carbocycles. The Hall–Kier alpha value is -2.32. The SMILES string of the molecule is CN(C(C(=O)O)c1ccc(F)cc1)S(=O)(=O)c1ccc(F)cc1. The molecular formula is C15H13F2NO4S. The fourth-order valence-electron chi connectivity index (χ4n) is 2.06. The third-order valence-corrected chi connectivity index (χ3v) is 5.11. The summed E-state index contributed by atoms with van der Waals surface area (Å²) in [5, 5.41) is 9.36. The number of halogens is 2. The highest BCUT2D eigenvalue weighted by molar-refractivity contribution is 7.89. The van der Waals surface area contributed by atoms with E-state index >= 15 is 0 Å². The maximum Gasteiger partial charge on any atom is 0.326 e. The highest BCUT2D eigenvalue weighted by Gasteiger charge is 2.34. The molecule has 5 nitrogen and oxygen atoms in total. The number of rotatable bonds is 5. The van der Waals surface area contributed by atoms with Crippen molar-refractivity contribution in [3.8, 4) is 0 Å². The van der Waals surface area contributed by atoms with Gasteiger partial charge in [-0.15, -0.1) is 0 Å². The fraction of sp³-hybridized carbons (Fsp3) is 0.133. The molecule has 2 rings (SSSR count). The summed E-state index contributed by atoms with van der Waals surface area (Å²) in [7, 11) is -3.07. The molecule has 1 atom stereocenters. The van der Waals surface area contributed by atoms with Gasteiger partial charge < -0.3 is 5.11 Å². The molecule has 0 aliphatic heterocycles. The van der Waals surface area contributed by atoms with Crippen molar-refractivity contribution in [1.82, 2.24) is 4.31 Å². The molecule has 0 aliphatic carbocycles. The van der Waals surface area contributed by atoms with Crippen LogP contribution in [0.3, 0.4) is 0 Å². The number of carboxylic acid groups (broad SMARTS) is 1. The molecule has 1 N–H and O–H groups in total. The van der Waals surface area contributed by atoms with Crippen molar-refractivity contribution in [2.24, 2.45) is 0 Å². The molecule has 1 unspecified atom stereocenters. The molecule has 0 heterocycles. The van der Waals surface area contributed by atoms with E-state index in [4.69, 9.17) is 0 Å². The van der Waals surface area contributed by atoms with Crippen LogP contribution in [0.5, 0.6) is 0 Å². The molecule has 23 heavy (non-hydrogen) atoms. The van der Waals surface area contributed by atoms with Crippen LogP contribution < -0.4 is 0 Å². The first-order chi connectivity index (χ1) is 10.7. The Labute approximate surface area is 131 Å². The van der Waals surface area contributed by atoms with E-state index in [-0.39, 0.29) is 10.5 Å². The van der Waals surface area contributed by atoms with Crippen molar-refractivity contribution >= 4 is 16.0 Å². The molecule has 0 amide bonds. The number of benzene rings is 2. The first-order valence-corrected chi connectivity index (χ1v) is 7.89. The summed E-state index contributed by atoms with van der Waals surface area (Å²) in [6.07, 6.45) is 0. The Morgan fingerprint density at radius 2 is 1.43 bits per heavy atom. The van der Waals surface area contributed by atoms with Gasteiger partial charge in [0.1, 0.15) is 17.7 Å². The number of nitrogens with zero attached hydrogens (tertiary/aromatic N) is 1. The van der Waals surface area contributed by atoms with Crippen LogP contribution in [0.2, 0.25) is 0 Å². The normalized spacial score (nSPS) is 13.0. The smallest absolute Gasteiger partial charge is 0.326 e. The van der Waals surface area contributed by atoms with E-state index in [1.807, 2.05) is 0 Å². The first kappa shape index (κ1) is 17.0. The van der Waals surface area contributed by atoms with Crippen molar-refractivity contribution in [3.05, 3.63) is 65.7 Å². The lowest BCUT2D eigenvalue weighted by Crippen LogP contribution is -2.35. The predicted octanol–water partition coefficient (Wildman–Crippen LogP) is 2.41. The summed E-state index contributed by atoms with van der Waals surface area (Å²) in [5.74, 6) is -2.59. The van der Waals surface area contributed by atoms with Gasteiger partial charge in [0.2, 0.25) is 10.0 Å². The zero-order valence-corrected chi connectivity index (χ0v) is 12.8. The Kier molecular flexibility index (Phi) is 4.76. The van der Waals surface area contributed by atoms with Crippen LogP contribution in [0.4, 0.5) is 8.78 Å². The monoisotopic (exact) mass is 341 g/mol. The molecule has 0 bridgehead atoms. The van der Waals surface area contributed by atoms with E-state index in [2.05, 4.69) is 0 Å². The van der Waals surface area contributed by atoms with E-state index in [1.165, 1.54) is 12.1 Å². The molecule has 2 aromatic carbocycles. The van der Waals surface area contributed by atoms with Crippen LogP contribution in [0.1, 0.15) is 11.6 Å². The Balaban J connectivity index is 2.45. The maximum atomic E-state index is 13.0. The summed E-state index contributed by atoms with van der Waals surface area (Å²) < 4.78 is 51.5. The van der Waals surface area contributed by atoms with Gasteiger partial charge in [0, 0.05) is 7.05 Å². The molecule has 0 fully saturated rings. The second-order valence-electron chi connectivity index (χ2n) is 4.77. The molecule has 0 aromatic heterocycles. The van der Waals surface area contributed by atoms with Gasteiger partial charge in [0.05, 0.1) is 4.90 Å². The fourth-order valence-corrected chi connectivity index (χ4v) is 3.37. The largest absolute Gasteiger partial charge is 0.480 e. The minimum Gasteiger partial charge on any atom is -0.480 e. The summed E-state index contributed by atoms with van der Waals surface area (Å²) in [6, 6.07) is 6.98. The van der Waals surface area contributed by atoms with Gasteiger partial charge in [-0.25, -0.2) is 17.2 Å². The Morgan fingerprint density at radius 3 is 1.87 bits per heavy atom. The third kappa shape index (κ3) is 3.54. The van der Waals surface area contributed by atoms with E-state index in [9.17, 15) is 27.1 Å². The third-order valence-electron chi connectivity index (χ3n) is 3.27. The van der Waals surface area contributed by atoms with Crippen molar-refractivity contribution < 1.29 is 27.1 Å². The van der Waals surface area contributed by atoms with Crippen molar-refractivity contribution in [2.75, 3.05) is 7.05 Å². The van der Waals surface area contributed by atoms with E-state index in [1.54, 1.807) is 0 Å². The number of likely N-dealkylation sites (N-methyl/N-ethyl adjacent to an activating group) is 1.